The van der Waals surface area contributed by atoms with Crippen LogP contribution in [0.15, 0.2) is 29.2 Å². The van der Waals surface area contributed by atoms with Crippen LogP contribution in [0.4, 0.5) is 0 Å². The van der Waals surface area contributed by atoms with Crippen LogP contribution >= 0.6 is 23.4 Å². The number of rotatable bonds is 7. The average molecular weight is 431 g/mol. The molecule has 1 atom stereocenters. The number of thioether (sulfide) groups is 1. The van der Waals surface area contributed by atoms with Gasteiger partial charge in [-0.3, -0.25) is 4.79 Å². The second-order valence-corrected chi connectivity index (χ2v) is 10.9. The molecule has 1 aliphatic carbocycles. The molecule has 1 amide bonds. The molecule has 2 fully saturated rings. The number of carbonyl (C=O) groups is 1. The number of amides is 1. The first-order chi connectivity index (χ1) is 13.0. The lowest BCUT2D eigenvalue weighted by Crippen LogP contribution is -2.46. The minimum absolute atomic E-state index is 0.180. The molecular formula is C19H27ClN2O3S2. The quantitative estimate of drug-likeness (QED) is 0.670. The number of nitrogens with zero attached hydrogens (tertiary/aromatic N) is 1. The Kier molecular flexibility index (Phi) is 7.48. The van der Waals surface area contributed by atoms with E-state index in [0.717, 1.165) is 5.75 Å². The van der Waals surface area contributed by atoms with Gasteiger partial charge in [-0.25, -0.2) is 8.42 Å². The summed E-state index contributed by atoms with van der Waals surface area (Å²) in [4.78, 5) is 12.8. The molecule has 150 valence electrons. The first-order valence-electron chi connectivity index (χ1n) is 9.65. The summed E-state index contributed by atoms with van der Waals surface area (Å²) in [7, 11) is -3.69. The maximum absolute atomic E-state index is 12.9. The van der Waals surface area contributed by atoms with E-state index in [1.54, 1.807) is 12.1 Å². The van der Waals surface area contributed by atoms with Crippen molar-refractivity contribution in [2.75, 3.05) is 18.8 Å². The topological polar surface area (TPSA) is 66.5 Å². The SMILES string of the molecule is O=C(NCCSC1CCCCC1)C1CCCN1S(=O)(=O)c1ccc(Cl)cc1. The zero-order chi connectivity index (χ0) is 19.3. The zero-order valence-corrected chi connectivity index (χ0v) is 17.8. The Morgan fingerprint density at radius 3 is 2.52 bits per heavy atom. The number of nitrogens with one attached hydrogen (secondary N) is 1. The smallest absolute Gasteiger partial charge is 0.243 e. The molecular weight excluding hydrogens is 404 g/mol. The van der Waals surface area contributed by atoms with E-state index in [4.69, 9.17) is 11.6 Å². The van der Waals surface area contributed by atoms with E-state index in [0.29, 0.717) is 36.2 Å². The largest absolute Gasteiger partial charge is 0.354 e. The molecule has 1 saturated heterocycles. The lowest BCUT2D eigenvalue weighted by Gasteiger charge is -2.24. The van der Waals surface area contributed by atoms with Crippen molar-refractivity contribution in [3.63, 3.8) is 0 Å². The number of halogens is 1. The van der Waals surface area contributed by atoms with Gasteiger partial charge in [-0.05, 0) is 49.9 Å². The van der Waals surface area contributed by atoms with E-state index < -0.39 is 16.1 Å². The minimum atomic E-state index is -3.69. The average Bonchev–Trinajstić information content (AvgIpc) is 3.17. The Labute approximate surface area is 171 Å². The van der Waals surface area contributed by atoms with Crippen LogP contribution in [0.3, 0.4) is 0 Å². The summed E-state index contributed by atoms with van der Waals surface area (Å²) >= 11 is 7.78. The van der Waals surface area contributed by atoms with Crippen molar-refractivity contribution in [2.24, 2.45) is 0 Å². The third-order valence-corrected chi connectivity index (χ3v) is 8.79. The van der Waals surface area contributed by atoms with Gasteiger partial charge in [-0.15, -0.1) is 0 Å². The number of hydrogen-bond donors (Lipinski definition) is 1. The molecule has 0 spiro atoms. The van der Waals surface area contributed by atoms with Gasteiger partial charge in [0.15, 0.2) is 0 Å². The summed E-state index contributed by atoms with van der Waals surface area (Å²) in [5.41, 5.74) is 0. The van der Waals surface area contributed by atoms with Gasteiger partial charge in [0.25, 0.3) is 0 Å². The third-order valence-electron chi connectivity index (χ3n) is 5.23. The molecule has 1 unspecified atom stereocenters. The Bertz CT molecular complexity index is 734. The Morgan fingerprint density at radius 2 is 1.81 bits per heavy atom. The zero-order valence-electron chi connectivity index (χ0n) is 15.4. The molecule has 0 aromatic heterocycles. The molecule has 1 saturated carbocycles. The van der Waals surface area contributed by atoms with Crippen LogP contribution in [0.2, 0.25) is 5.02 Å². The molecule has 0 bridgehead atoms. The molecule has 1 aromatic rings. The predicted molar refractivity (Wildman–Crippen MR) is 111 cm³/mol. The molecule has 1 heterocycles. The van der Waals surface area contributed by atoms with E-state index in [2.05, 4.69) is 5.32 Å². The van der Waals surface area contributed by atoms with E-state index in [-0.39, 0.29) is 10.8 Å². The fraction of sp³-hybridized carbons (Fsp3) is 0.632. The molecule has 8 heteroatoms. The first kappa shape index (κ1) is 21.0. The van der Waals surface area contributed by atoms with Crippen LogP contribution in [0.25, 0.3) is 0 Å². The monoisotopic (exact) mass is 430 g/mol. The summed E-state index contributed by atoms with van der Waals surface area (Å²) in [5.74, 6) is 0.696. The van der Waals surface area contributed by atoms with E-state index >= 15 is 0 Å². The molecule has 2 aliphatic rings. The predicted octanol–water partition coefficient (Wildman–Crippen LogP) is 3.68. The Hall–Kier alpha value is -0.760. The lowest BCUT2D eigenvalue weighted by atomic mass is 10.0. The van der Waals surface area contributed by atoms with Crippen LogP contribution in [0.1, 0.15) is 44.9 Å². The van der Waals surface area contributed by atoms with Crippen LogP contribution in [0, 0.1) is 0 Å². The van der Waals surface area contributed by atoms with Gasteiger partial charge in [0.2, 0.25) is 15.9 Å². The molecule has 1 aliphatic heterocycles. The highest BCUT2D eigenvalue weighted by Gasteiger charge is 2.39. The van der Waals surface area contributed by atoms with Gasteiger partial charge in [0, 0.05) is 29.1 Å². The second-order valence-electron chi connectivity index (χ2n) is 7.15. The van der Waals surface area contributed by atoms with Crippen molar-refractivity contribution in [1.82, 2.24) is 9.62 Å². The van der Waals surface area contributed by atoms with Crippen LogP contribution < -0.4 is 5.32 Å². The van der Waals surface area contributed by atoms with Crippen molar-refractivity contribution in [1.29, 1.82) is 0 Å². The van der Waals surface area contributed by atoms with Gasteiger partial charge in [-0.1, -0.05) is 30.9 Å². The Morgan fingerprint density at radius 1 is 1.11 bits per heavy atom. The maximum Gasteiger partial charge on any atom is 0.243 e. The van der Waals surface area contributed by atoms with Gasteiger partial charge >= 0.3 is 0 Å². The van der Waals surface area contributed by atoms with Gasteiger partial charge < -0.3 is 5.32 Å². The minimum Gasteiger partial charge on any atom is -0.354 e. The summed E-state index contributed by atoms with van der Waals surface area (Å²) in [6, 6.07) is 5.48. The number of benzene rings is 1. The van der Waals surface area contributed by atoms with Crippen molar-refractivity contribution in [3.05, 3.63) is 29.3 Å². The highest BCUT2D eigenvalue weighted by Crippen LogP contribution is 2.28. The molecule has 3 rings (SSSR count). The molecule has 27 heavy (non-hydrogen) atoms. The molecule has 0 radical (unpaired) electrons. The first-order valence-corrected chi connectivity index (χ1v) is 12.5. The second kappa shape index (κ2) is 9.63. The van der Waals surface area contributed by atoms with E-state index in [1.807, 2.05) is 11.8 Å². The van der Waals surface area contributed by atoms with Gasteiger partial charge in [0.05, 0.1) is 4.90 Å². The summed E-state index contributed by atoms with van der Waals surface area (Å²) in [6.07, 6.45) is 7.76. The highest BCUT2D eigenvalue weighted by atomic mass is 35.5. The number of hydrogen-bond acceptors (Lipinski definition) is 4. The van der Waals surface area contributed by atoms with Crippen LogP contribution in [0.5, 0.6) is 0 Å². The normalized spacial score (nSPS) is 22.0. The van der Waals surface area contributed by atoms with Crippen molar-refractivity contribution in [2.45, 2.75) is 61.1 Å². The summed E-state index contributed by atoms with van der Waals surface area (Å²) in [6.45, 7) is 0.963. The molecule has 1 N–H and O–H groups in total. The van der Waals surface area contributed by atoms with Crippen molar-refractivity contribution < 1.29 is 13.2 Å². The number of sulfonamides is 1. The van der Waals surface area contributed by atoms with Crippen LogP contribution in [-0.4, -0.2) is 48.8 Å². The van der Waals surface area contributed by atoms with E-state index in [1.165, 1.54) is 48.5 Å². The maximum atomic E-state index is 12.9. The Balaban J connectivity index is 1.53. The van der Waals surface area contributed by atoms with Gasteiger partial charge in [-0.2, -0.15) is 16.1 Å². The standard InChI is InChI=1S/C19H27ClN2O3S2/c20-15-8-10-17(11-9-15)27(24,25)22-13-4-7-18(22)19(23)21-12-14-26-16-5-2-1-3-6-16/h8-11,16,18H,1-7,12-14H2,(H,21,23). The highest BCUT2D eigenvalue weighted by molar-refractivity contribution is 7.99. The molecule has 5 nitrogen and oxygen atoms in total. The van der Waals surface area contributed by atoms with Gasteiger partial charge in [0.1, 0.15) is 6.04 Å². The fourth-order valence-electron chi connectivity index (χ4n) is 3.78. The molecule has 1 aromatic carbocycles. The summed E-state index contributed by atoms with van der Waals surface area (Å²) < 4.78 is 27.1. The lowest BCUT2D eigenvalue weighted by molar-refractivity contribution is -0.124. The van der Waals surface area contributed by atoms with Crippen molar-refractivity contribution >= 4 is 39.3 Å². The number of carbonyl (C=O) groups excluding carboxylic acids is 1. The third kappa shape index (κ3) is 5.40. The fourth-order valence-corrected chi connectivity index (χ4v) is 6.78. The summed E-state index contributed by atoms with van der Waals surface area (Å²) in [5, 5.41) is 4.14. The van der Waals surface area contributed by atoms with E-state index in [9.17, 15) is 13.2 Å². The van der Waals surface area contributed by atoms with Crippen molar-refractivity contribution in [3.8, 4) is 0 Å². The van der Waals surface area contributed by atoms with Crippen LogP contribution in [-0.2, 0) is 14.8 Å².